The number of nitrogens with one attached hydrogen (secondary N) is 1. The monoisotopic (exact) mass is 423 g/mol. The number of amides is 1. The van der Waals surface area contributed by atoms with Crippen LogP contribution in [0.5, 0.6) is 11.5 Å². The van der Waals surface area contributed by atoms with Crippen molar-refractivity contribution in [2.45, 2.75) is 0 Å². The molecule has 7 nitrogen and oxygen atoms in total. The number of aromatic nitrogens is 1. The summed E-state index contributed by atoms with van der Waals surface area (Å²) in [7, 11) is -1.61. The molecule has 28 heavy (non-hydrogen) atoms. The van der Waals surface area contributed by atoms with E-state index in [0.29, 0.717) is 16.7 Å². The first-order valence-electron chi connectivity index (χ1n) is 7.94. The normalized spacial score (nSPS) is 11.6. The van der Waals surface area contributed by atoms with Crippen molar-refractivity contribution in [2.75, 3.05) is 14.1 Å². The highest BCUT2D eigenvalue weighted by Gasteiger charge is 2.22. The van der Waals surface area contributed by atoms with Crippen molar-refractivity contribution in [2.24, 2.45) is 0 Å². The second kappa shape index (κ2) is 7.70. The first-order valence-corrected chi connectivity index (χ1v) is 9.76. The van der Waals surface area contributed by atoms with Gasteiger partial charge in [0, 0.05) is 31.7 Å². The van der Waals surface area contributed by atoms with E-state index in [1.54, 1.807) is 41.3 Å². The van der Waals surface area contributed by atoms with Crippen molar-refractivity contribution in [3.63, 3.8) is 0 Å². The minimum Gasteiger partial charge on any atom is -0.455 e. The van der Waals surface area contributed by atoms with Crippen LogP contribution in [-0.2, 0) is 10.2 Å². The summed E-state index contributed by atoms with van der Waals surface area (Å²) >= 11 is 6.13. The highest BCUT2D eigenvalue weighted by molar-refractivity contribution is 7.87. The lowest BCUT2D eigenvalue weighted by Gasteiger charge is -2.14. The van der Waals surface area contributed by atoms with E-state index in [9.17, 15) is 17.6 Å². The number of fused-ring (bicyclic) bond motifs is 1. The Labute approximate surface area is 165 Å². The molecule has 1 N–H and O–H groups in total. The van der Waals surface area contributed by atoms with Crippen LogP contribution < -0.4 is 9.46 Å². The van der Waals surface area contributed by atoms with Crippen LogP contribution in [0.25, 0.3) is 10.9 Å². The number of carbonyl (C=O) groups excluding carboxylic acids is 1. The Morgan fingerprint density at radius 3 is 2.64 bits per heavy atom. The van der Waals surface area contributed by atoms with E-state index in [1.165, 1.54) is 14.1 Å². The molecule has 146 valence electrons. The fourth-order valence-corrected chi connectivity index (χ4v) is 3.06. The maximum atomic E-state index is 14.5. The van der Waals surface area contributed by atoms with Crippen molar-refractivity contribution in [3.05, 3.63) is 65.1 Å². The molecule has 0 saturated heterocycles. The van der Waals surface area contributed by atoms with E-state index in [-0.39, 0.29) is 10.8 Å². The fourth-order valence-electron chi connectivity index (χ4n) is 2.33. The molecule has 2 aromatic carbocycles. The SMILES string of the molecule is CN(C)S(=O)(=O)NC(=O)c1cc(Cl)c(Oc2cccc3ncccc23)cc1F. The van der Waals surface area contributed by atoms with Crippen molar-refractivity contribution >= 4 is 38.6 Å². The summed E-state index contributed by atoms with van der Waals surface area (Å²) in [6.07, 6.45) is 1.63. The first kappa shape index (κ1) is 20.0. The van der Waals surface area contributed by atoms with E-state index < -0.39 is 27.5 Å². The summed E-state index contributed by atoms with van der Waals surface area (Å²) in [4.78, 5) is 16.3. The van der Waals surface area contributed by atoms with Gasteiger partial charge in [-0.25, -0.2) is 9.11 Å². The second-order valence-electron chi connectivity index (χ2n) is 5.91. The van der Waals surface area contributed by atoms with Crippen LogP contribution in [0.15, 0.2) is 48.7 Å². The van der Waals surface area contributed by atoms with Crippen LogP contribution >= 0.6 is 11.6 Å². The van der Waals surface area contributed by atoms with Crippen molar-refractivity contribution in [1.29, 1.82) is 0 Å². The molecule has 1 heterocycles. The van der Waals surface area contributed by atoms with Gasteiger partial charge in [0.2, 0.25) is 0 Å². The van der Waals surface area contributed by atoms with E-state index in [4.69, 9.17) is 16.3 Å². The van der Waals surface area contributed by atoms with Crippen molar-refractivity contribution in [1.82, 2.24) is 14.0 Å². The van der Waals surface area contributed by atoms with Crippen LogP contribution in [0.4, 0.5) is 4.39 Å². The van der Waals surface area contributed by atoms with Crippen LogP contribution in [0.2, 0.25) is 5.02 Å². The number of carbonyl (C=O) groups is 1. The molecule has 0 aliphatic carbocycles. The lowest BCUT2D eigenvalue weighted by atomic mass is 10.2. The zero-order chi connectivity index (χ0) is 20.5. The zero-order valence-corrected chi connectivity index (χ0v) is 16.4. The first-order chi connectivity index (χ1) is 13.2. The fraction of sp³-hybridized carbons (Fsp3) is 0.111. The summed E-state index contributed by atoms with van der Waals surface area (Å²) in [6, 6.07) is 10.6. The molecule has 0 bridgehead atoms. The van der Waals surface area contributed by atoms with E-state index in [0.717, 1.165) is 16.4 Å². The van der Waals surface area contributed by atoms with Gasteiger partial charge in [0.15, 0.2) is 0 Å². The summed E-state index contributed by atoms with van der Waals surface area (Å²) in [5.41, 5.74) is 0.156. The minimum absolute atomic E-state index is 0.0254. The van der Waals surface area contributed by atoms with Gasteiger partial charge in [-0.15, -0.1) is 0 Å². The Balaban J connectivity index is 1.93. The molecule has 0 atom stereocenters. The number of benzene rings is 2. The van der Waals surface area contributed by atoms with Gasteiger partial charge < -0.3 is 4.74 Å². The summed E-state index contributed by atoms with van der Waals surface area (Å²) in [5.74, 6) is -1.75. The average Bonchev–Trinajstić information content (AvgIpc) is 2.64. The van der Waals surface area contributed by atoms with E-state index in [2.05, 4.69) is 4.98 Å². The van der Waals surface area contributed by atoms with Crippen molar-refractivity contribution < 1.29 is 22.3 Å². The van der Waals surface area contributed by atoms with Gasteiger partial charge in [-0.2, -0.15) is 12.7 Å². The maximum absolute atomic E-state index is 14.5. The third-order valence-corrected chi connectivity index (χ3v) is 5.49. The Hall–Kier alpha value is -2.75. The number of pyridine rings is 1. The number of ether oxygens (including phenoxy) is 1. The number of hydrogen-bond donors (Lipinski definition) is 1. The molecule has 0 radical (unpaired) electrons. The van der Waals surface area contributed by atoms with Gasteiger partial charge in [0.25, 0.3) is 5.91 Å². The molecule has 10 heteroatoms. The van der Waals surface area contributed by atoms with Gasteiger partial charge in [0.05, 0.1) is 16.1 Å². The topological polar surface area (TPSA) is 88.6 Å². The Kier molecular flexibility index (Phi) is 5.50. The van der Waals surface area contributed by atoms with E-state index >= 15 is 0 Å². The molecule has 1 amide bonds. The number of halogens is 2. The summed E-state index contributed by atoms with van der Waals surface area (Å²) in [5, 5.41) is 0.634. The second-order valence-corrected chi connectivity index (χ2v) is 8.20. The van der Waals surface area contributed by atoms with Crippen LogP contribution in [0.3, 0.4) is 0 Å². The zero-order valence-electron chi connectivity index (χ0n) is 14.8. The number of rotatable bonds is 5. The molecule has 3 rings (SSSR count). The number of nitrogens with zero attached hydrogens (tertiary/aromatic N) is 2. The minimum atomic E-state index is -4.07. The average molecular weight is 424 g/mol. The van der Waals surface area contributed by atoms with Crippen LogP contribution in [0, 0.1) is 5.82 Å². The lowest BCUT2D eigenvalue weighted by molar-refractivity contribution is 0.0976. The molecule has 0 aliphatic heterocycles. The molecule has 0 unspecified atom stereocenters. The highest BCUT2D eigenvalue weighted by atomic mass is 35.5. The van der Waals surface area contributed by atoms with Crippen molar-refractivity contribution in [3.8, 4) is 11.5 Å². The van der Waals surface area contributed by atoms with Crippen LogP contribution in [-0.4, -0.2) is 37.7 Å². The molecule has 1 aromatic heterocycles. The lowest BCUT2D eigenvalue weighted by Crippen LogP contribution is -2.39. The van der Waals surface area contributed by atoms with E-state index in [1.807, 2.05) is 0 Å². The largest absolute Gasteiger partial charge is 0.455 e. The third kappa shape index (κ3) is 4.06. The molecule has 0 spiro atoms. The van der Waals surface area contributed by atoms with Gasteiger partial charge in [0.1, 0.15) is 17.3 Å². The summed E-state index contributed by atoms with van der Waals surface area (Å²) < 4.78 is 46.2. The molecule has 0 fully saturated rings. The predicted molar refractivity (Wildman–Crippen MR) is 103 cm³/mol. The molecular weight excluding hydrogens is 409 g/mol. The Morgan fingerprint density at radius 2 is 1.93 bits per heavy atom. The van der Waals surface area contributed by atoms with Gasteiger partial charge in [-0.1, -0.05) is 17.7 Å². The highest BCUT2D eigenvalue weighted by Crippen LogP contribution is 2.34. The van der Waals surface area contributed by atoms with Gasteiger partial charge >= 0.3 is 10.2 Å². The van der Waals surface area contributed by atoms with Gasteiger partial charge in [-0.05, 0) is 30.3 Å². The molecule has 0 aliphatic rings. The Bertz CT molecular complexity index is 1160. The standard InChI is InChI=1S/C18H15ClFN3O4S/c1-23(2)28(25,26)22-18(24)12-9-13(19)17(10-14(12)20)27-16-7-3-6-15-11(16)5-4-8-21-15/h3-10H,1-2H3,(H,22,24). The quantitative estimate of drug-likeness (QED) is 0.679. The number of hydrogen-bond acceptors (Lipinski definition) is 5. The maximum Gasteiger partial charge on any atom is 0.303 e. The van der Waals surface area contributed by atoms with Crippen LogP contribution in [0.1, 0.15) is 10.4 Å². The molecule has 0 saturated carbocycles. The molecule has 3 aromatic rings. The Morgan fingerprint density at radius 1 is 1.18 bits per heavy atom. The molecular formula is C18H15ClFN3O4S. The third-order valence-electron chi connectivity index (χ3n) is 3.79. The predicted octanol–water partition coefficient (Wildman–Crippen LogP) is 3.36. The summed E-state index contributed by atoms with van der Waals surface area (Å²) in [6.45, 7) is 0. The van der Waals surface area contributed by atoms with Gasteiger partial charge in [-0.3, -0.25) is 9.78 Å². The smallest absolute Gasteiger partial charge is 0.303 e.